The summed E-state index contributed by atoms with van der Waals surface area (Å²) in [6.07, 6.45) is 0.656. The average molecular weight is 398 g/mol. The monoisotopic (exact) mass is 397 g/mol. The van der Waals surface area contributed by atoms with E-state index in [-0.39, 0.29) is 17.8 Å². The van der Waals surface area contributed by atoms with Crippen LogP contribution in [-0.4, -0.2) is 21.4 Å². The lowest BCUT2D eigenvalue weighted by Crippen LogP contribution is -2.31. The maximum atomic E-state index is 12.5. The molecule has 2 aromatic carbocycles. The minimum absolute atomic E-state index is 0.0490. The zero-order chi connectivity index (χ0) is 19.8. The van der Waals surface area contributed by atoms with Crippen molar-refractivity contribution in [1.82, 2.24) is 15.5 Å². The van der Waals surface area contributed by atoms with E-state index in [1.807, 2.05) is 68.4 Å². The van der Waals surface area contributed by atoms with Gasteiger partial charge in [0, 0.05) is 6.54 Å². The molecule has 0 aliphatic heterocycles. The second-order valence-corrected chi connectivity index (χ2v) is 7.44. The molecule has 3 rings (SSSR count). The number of benzene rings is 2. The normalized spacial score (nSPS) is 11.8. The van der Waals surface area contributed by atoms with E-state index in [2.05, 4.69) is 15.5 Å². The van der Waals surface area contributed by atoms with Gasteiger partial charge in [0.1, 0.15) is 5.75 Å². The van der Waals surface area contributed by atoms with Crippen molar-refractivity contribution >= 4 is 17.7 Å². The van der Waals surface area contributed by atoms with E-state index in [4.69, 9.17) is 9.15 Å². The fourth-order valence-corrected chi connectivity index (χ4v) is 3.37. The lowest BCUT2D eigenvalue weighted by Gasteiger charge is -2.12. The number of hydrogen-bond donors (Lipinski definition) is 1. The Hall–Kier alpha value is -2.80. The van der Waals surface area contributed by atoms with Crippen LogP contribution in [0.5, 0.6) is 5.75 Å². The van der Waals surface area contributed by atoms with Gasteiger partial charge in [-0.05, 0) is 36.6 Å². The molecular formula is C21H23N3O3S. The van der Waals surface area contributed by atoms with Gasteiger partial charge in [-0.2, -0.15) is 0 Å². The smallest absolute Gasteiger partial charge is 0.277 e. The SMILES string of the molecule is CCC(Sc1nnc(COc2cccc(C)c2)o1)C(=O)NCc1ccccc1. The molecule has 1 amide bonds. The fourth-order valence-electron chi connectivity index (χ4n) is 2.54. The van der Waals surface area contributed by atoms with E-state index in [1.54, 1.807) is 0 Å². The third-order valence-corrected chi connectivity index (χ3v) is 5.21. The predicted octanol–water partition coefficient (Wildman–Crippen LogP) is 4.14. The summed E-state index contributed by atoms with van der Waals surface area (Å²) in [5.41, 5.74) is 2.18. The summed E-state index contributed by atoms with van der Waals surface area (Å²) in [7, 11) is 0. The van der Waals surface area contributed by atoms with Crippen LogP contribution in [0.4, 0.5) is 0 Å². The van der Waals surface area contributed by atoms with E-state index in [0.29, 0.717) is 24.1 Å². The molecule has 0 radical (unpaired) electrons. The molecule has 1 heterocycles. The lowest BCUT2D eigenvalue weighted by molar-refractivity contribution is -0.120. The Bertz CT molecular complexity index is 899. The van der Waals surface area contributed by atoms with Gasteiger partial charge in [0.05, 0.1) is 5.25 Å². The van der Waals surface area contributed by atoms with Crippen molar-refractivity contribution < 1.29 is 13.9 Å². The molecule has 146 valence electrons. The summed E-state index contributed by atoms with van der Waals surface area (Å²) < 4.78 is 11.3. The standard InChI is InChI=1S/C21H23N3O3S/c1-3-18(20(25)22-13-16-9-5-4-6-10-16)28-21-24-23-19(27-21)14-26-17-11-7-8-15(2)12-17/h4-12,18H,3,13-14H2,1-2H3,(H,22,25). The lowest BCUT2D eigenvalue weighted by atomic mass is 10.2. The molecule has 28 heavy (non-hydrogen) atoms. The highest BCUT2D eigenvalue weighted by Gasteiger charge is 2.21. The molecule has 0 aliphatic rings. The average Bonchev–Trinajstić information content (AvgIpc) is 3.17. The topological polar surface area (TPSA) is 77.2 Å². The number of amides is 1. The van der Waals surface area contributed by atoms with Gasteiger partial charge in [-0.1, -0.05) is 61.2 Å². The summed E-state index contributed by atoms with van der Waals surface area (Å²) in [6, 6.07) is 17.6. The predicted molar refractivity (Wildman–Crippen MR) is 108 cm³/mol. The van der Waals surface area contributed by atoms with Gasteiger partial charge in [-0.15, -0.1) is 10.2 Å². The Labute approximate surface area is 168 Å². The molecule has 0 saturated heterocycles. The molecule has 0 fully saturated rings. The highest BCUT2D eigenvalue weighted by Crippen LogP contribution is 2.25. The number of carbonyl (C=O) groups excluding carboxylic acids is 1. The summed E-state index contributed by atoms with van der Waals surface area (Å²) in [5.74, 6) is 1.08. The van der Waals surface area contributed by atoms with Gasteiger partial charge in [0.15, 0.2) is 6.61 Å². The summed E-state index contributed by atoms with van der Waals surface area (Å²) >= 11 is 1.27. The first kappa shape index (κ1) is 19.9. The number of thioether (sulfide) groups is 1. The van der Waals surface area contributed by atoms with Crippen molar-refractivity contribution in [2.75, 3.05) is 0 Å². The molecule has 1 N–H and O–H groups in total. The molecule has 6 nitrogen and oxygen atoms in total. The molecule has 1 atom stereocenters. The molecule has 7 heteroatoms. The molecule has 0 aliphatic carbocycles. The number of rotatable bonds is 9. The fraction of sp³-hybridized carbons (Fsp3) is 0.286. The van der Waals surface area contributed by atoms with Gasteiger partial charge in [0.2, 0.25) is 5.91 Å². The molecule has 0 bridgehead atoms. The first-order valence-electron chi connectivity index (χ1n) is 9.14. The largest absolute Gasteiger partial charge is 0.484 e. The Kier molecular flexibility index (Phi) is 7.08. The molecule has 3 aromatic rings. The van der Waals surface area contributed by atoms with Crippen molar-refractivity contribution in [2.45, 2.75) is 43.9 Å². The van der Waals surface area contributed by atoms with E-state index in [1.165, 1.54) is 11.8 Å². The maximum absolute atomic E-state index is 12.5. The molecule has 1 aromatic heterocycles. The van der Waals surface area contributed by atoms with E-state index < -0.39 is 0 Å². The highest BCUT2D eigenvalue weighted by atomic mass is 32.2. The number of carbonyl (C=O) groups is 1. The van der Waals surface area contributed by atoms with Crippen molar-refractivity contribution in [3.63, 3.8) is 0 Å². The Balaban J connectivity index is 1.51. The van der Waals surface area contributed by atoms with Gasteiger partial charge in [-0.3, -0.25) is 4.79 Å². The minimum atomic E-state index is -0.297. The number of nitrogens with zero attached hydrogens (tertiary/aromatic N) is 2. The van der Waals surface area contributed by atoms with Crippen LogP contribution in [0.25, 0.3) is 0 Å². The number of aromatic nitrogens is 2. The minimum Gasteiger partial charge on any atom is -0.484 e. The summed E-state index contributed by atoms with van der Waals surface area (Å²) in [6.45, 7) is 4.64. The zero-order valence-corrected chi connectivity index (χ0v) is 16.7. The Morgan fingerprint density at radius 2 is 2.00 bits per heavy atom. The van der Waals surface area contributed by atoms with Crippen molar-refractivity contribution in [2.24, 2.45) is 0 Å². The van der Waals surface area contributed by atoms with E-state index >= 15 is 0 Å². The van der Waals surface area contributed by atoms with E-state index in [0.717, 1.165) is 16.9 Å². The van der Waals surface area contributed by atoms with Gasteiger partial charge in [-0.25, -0.2) is 0 Å². The highest BCUT2D eigenvalue weighted by molar-refractivity contribution is 8.00. The first-order chi connectivity index (χ1) is 13.6. The molecular weight excluding hydrogens is 374 g/mol. The van der Waals surface area contributed by atoms with Crippen molar-refractivity contribution in [3.05, 3.63) is 71.6 Å². The van der Waals surface area contributed by atoms with Crippen LogP contribution in [0.2, 0.25) is 0 Å². The molecule has 1 unspecified atom stereocenters. The molecule has 0 spiro atoms. The van der Waals surface area contributed by atoms with E-state index in [9.17, 15) is 4.79 Å². The second kappa shape index (κ2) is 9.94. The number of hydrogen-bond acceptors (Lipinski definition) is 6. The number of ether oxygens (including phenoxy) is 1. The Morgan fingerprint density at radius 1 is 1.18 bits per heavy atom. The summed E-state index contributed by atoms with van der Waals surface area (Å²) in [5, 5.41) is 11.0. The third kappa shape index (κ3) is 5.85. The zero-order valence-electron chi connectivity index (χ0n) is 15.9. The third-order valence-electron chi connectivity index (χ3n) is 4.02. The number of aryl methyl sites for hydroxylation is 1. The first-order valence-corrected chi connectivity index (χ1v) is 10.0. The van der Waals surface area contributed by atoms with Crippen LogP contribution in [0.1, 0.15) is 30.4 Å². The Morgan fingerprint density at radius 3 is 2.75 bits per heavy atom. The quantitative estimate of drug-likeness (QED) is 0.547. The van der Waals surface area contributed by atoms with Crippen LogP contribution in [-0.2, 0) is 17.9 Å². The van der Waals surface area contributed by atoms with Crippen LogP contribution >= 0.6 is 11.8 Å². The second-order valence-electron chi connectivity index (χ2n) is 6.29. The van der Waals surface area contributed by atoms with Crippen molar-refractivity contribution in [3.8, 4) is 5.75 Å². The van der Waals surface area contributed by atoms with Crippen LogP contribution in [0.3, 0.4) is 0 Å². The van der Waals surface area contributed by atoms with Crippen LogP contribution in [0, 0.1) is 6.92 Å². The maximum Gasteiger partial charge on any atom is 0.277 e. The van der Waals surface area contributed by atoms with Crippen LogP contribution < -0.4 is 10.1 Å². The van der Waals surface area contributed by atoms with Gasteiger partial charge < -0.3 is 14.5 Å². The summed E-state index contributed by atoms with van der Waals surface area (Å²) in [4.78, 5) is 12.5. The van der Waals surface area contributed by atoms with Crippen molar-refractivity contribution in [1.29, 1.82) is 0 Å². The van der Waals surface area contributed by atoms with Crippen LogP contribution in [0.15, 0.2) is 64.2 Å². The van der Waals surface area contributed by atoms with Gasteiger partial charge in [0.25, 0.3) is 11.1 Å². The van der Waals surface area contributed by atoms with Gasteiger partial charge >= 0.3 is 0 Å². The molecule has 0 saturated carbocycles. The number of nitrogens with one attached hydrogen (secondary N) is 1.